The fourth-order valence-corrected chi connectivity index (χ4v) is 5.58. The summed E-state index contributed by atoms with van der Waals surface area (Å²) in [5.41, 5.74) is 5.10. The van der Waals surface area contributed by atoms with Crippen LogP contribution in [0.25, 0.3) is 11.3 Å². The highest BCUT2D eigenvalue weighted by Gasteiger charge is 2.56. The summed E-state index contributed by atoms with van der Waals surface area (Å²) in [6.07, 6.45) is -4.93. The van der Waals surface area contributed by atoms with Crippen molar-refractivity contribution >= 4 is 27.5 Å². The summed E-state index contributed by atoms with van der Waals surface area (Å²) in [7, 11) is -4.17. The molecule has 8 nitrogen and oxygen atoms in total. The molecule has 13 heteroatoms. The van der Waals surface area contributed by atoms with Gasteiger partial charge < -0.3 is 16.2 Å². The van der Waals surface area contributed by atoms with Crippen LogP contribution in [0.15, 0.2) is 40.2 Å². The second kappa shape index (κ2) is 8.20. The highest BCUT2D eigenvalue weighted by Crippen LogP contribution is 2.35. The molecule has 1 saturated heterocycles. The number of nitrogens with one attached hydrogen (secondary N) is 1. The Hall–Kier alpha value is -2.25. The Labute approximate surface area is 193 Å². The molecule has 0 aliphatic carbocycles. The third-order valence-electron chi connectivity index (χ3n) is 5.89. The number of sulfonamides is 1. The second-order valence-electron chi connectivity index (χ2n) is 8.06. The largest absolute Gasteiger partial charge is 0.418 e. The summed E-state index contributed by atoms with van der Waals surface area (Å²) in [5, 5.41) is 12.6. The molecule has 3 heterocycles. The Morgan fingerprint density at radius 2 is 2.00 bits per heavy atom. The van der Waals surface area contributed by atoms with Gasteiger partial charge in [0.25, 0.3) is 0 Å². The number of fused-ring (bicyclic) bond motifs is 1. The van der Waals surface area contributed by atoms with Crippen LogP contribution in [-0.2, 0) is 16.6 Å². The van der Waals surface area contributed by atoms with Gasteiger partial charge in [-0.25, -0.2) is 13.4 Å². The molecule has 0 bridgehead atoms. The van der Waals surface area contributed by atoms with Crippen LogP contribution >= 0.6 is 11.6 Å². The number of piperazine rings is 1. The first-order valence-electron chi connectivity index (χ1n) is 9.95. The van der Waals surface area contributed by atoms with Crippen molar-refractivity contribution in [1.29, 1.82) is 0 Å². The molecule has 0 radical (unpaired) electrons. The summed E-state index contributed by atoms with van der Waals surface area (Å²) in [6, 6.07) is 6.05. The molecule has 0 saturated carbocycles. The number of hydrogen-bond acceptors (Lipinski definition) is 7. The lowest BCUT2D eigenvalue weighted by molar-refractivity contribution is -0.264. The van der Waals surface area contributed by atoms with Gasteiger partial charge >= 0.3 is 6.18 Å². The molecule has 0 amide bonds. The fourth-order valence-electron chi connectivity index (χ4n) is 3.76. The topological polar surface area (TPSA) is 121 Å². The van der Waals surface area contributed by atoms with E-state index in [1.807, 2.05) is 6.07 Å². The van der Waals surface area contributed by atoms with Crippen molar-refractivity contribution in [2.45, 2.75) is 36.2 Å². The molecule has 1 aromatic heterocycles. The summed E-state index contributed by atoms with van der Waals surface area (Å²) < 4.78 is 66.9. The molecule has 2 aromatic rings. The number of nitrogens with two attached hydrogens (primary N) is 1. The predicted octanol–water partition coefficient (Wildman–Crippen LogP) is 1.90. The van der Waals surface area contributed by atoms with E-state index in [0.29, 0.717) is 36.3 Å². The van der Waals surface area contributed by atoms with Gasteiger partial charge in [0.2, 0.25) is 10.0 Å². The number of aliphatic hydroxyl groups is 1. The Balaban J connectivity index is 1.61. The number of nitrogens with zero attached hydrogens (tertiary/aromatic N) is 3. The number of aliphatic imine (C=N–C) groups is 1. The minimum atomic E-state index is -4.93. The van der Waals surface area contributed by atoms with Gasteiger partial charge in [0.15, 0.2) is 5.60 Å². The summed E-state index contributed by atoms with van der Waals surface area (Å²) >= 11 is 6.37. The minimum absolute atomic E-state index is 0.0516. The van der Waals surface area contributed by atoms with Gasteiger partial charge in [0.05, 0.1) is 28.2 Å². The lowest BCUT2D eigenvalue weighted by atomic mass is 9.94. The molecule has 4 rings (SSSR count). The zero-order valence-corrected chi connectivity index (χ0v) is 19.0. The molecule has 4 N–H and O–H groups in total. The zero-order valence-electron chi connectivity index (χ0n) is 17.4. The molecule has 2 unspecified atom stereocenters. The first kappa shape index (κ1) is 23.9. The lowest BCUT2D eigenvalue weighted by Gasteiger charge is -2.41. The van der Waals surface area contributed by atoms with E-state index in [4.69, 9.17) is 17.3 Å². The molecule has 178 valence electrons. The maximum atomic E-state index is 13.2. The average molecular weight is 504 g/mol. The van der Waals surface area contributed by atoms with Crippen molar-refractivity contribution < 1.29 is 26.7 Å². The third-order valence-corrected chi connectivity index (χ3v) is 8.06. The van der Waals surface area contributed by atoms with E-state index < -0.39 is 34.4 Å². The number of hydrogen-bond donors (Lipinski definition) is 3. The van der Waals surface area contributed by atoms with Crippen LogP contribution in [0, 0.1) is 0 Å². The first-order chi connectivity index (χ1) is 15.3. The Morgan fingerprint density at radius 3 is 2.67 bits per heavy atom. The van der Waals surface area contributed by atoms with E-state index in [1.54, 1.807) is 6.07 Å². The molecule has 33 heavy (non-hydrogen) atoms. The highest BCUT2D eigenvalue weighted by atomic mass is 35.5. The van der Waals surface area contributed by atoms with Crippen molar-refractivity contribution in [2.24, 2.45) is 10.7 Å². The van der Waals surface area contributed by atoms with Gasteiger partial charge in [-0.05, 0) is 31.2 Å². The standard InChI is InChI=1S/C20H21ClF3N5O3S/c1-19(30,20(22,23)24)16-10-29(7-6-26-16)33(31,32)12-3-4-13(14(21)8-12)15-5-2-11-9-27-18(25)17(11)28-15/h2-5,8,16,26,30H,6-7,9-10H2,1H3,(H2,25,27). The van der Waals surface area contributed by atoms with E-state index in [-0.39, 0.29) is 23.0 Å². The Kier molecular flexibility index (Phi) is 5.94. The van der Waals surface area contributed by atoms with Crippen LogP contribution in [0.4, 0.5) is 13.2 Å². The van der Waals surface area contributed by atoms with Crippen molar-refractivity contribution in [2.75, 3.05) is 19.6 Å². The Bertz CT molecular complexity index is 1230. The summed E-state index contributed by atoms with van der Waals surface area (Å²) in [5.74, 6) is 0.310. The van der Waals surface area contributed by atoms with Crippen molar-refractivity contribution in [3.8, 4) is 11.3 Å². The van der Waals surface area contributed by atoms with Crippen LogP contribution in [0.2, 0.25) is 5.02 Å². The maximum absolute atomic E-state index is 13.2. The van der Waals surface area contributed by atoms with Crippen molar-refractivity contribution in [3.63, 3.8) is 0 Å². The van der Waals surface area contributed by atoms with E-state index in [9.17, 15) is 26.7 Å². The van der Waals surface area contributed by atoms with Gasteiger partial charge in [0.1, 0.15) is 11.5 Å². The van der Waals surface area contributed by atoms with E-state index in [0.717, 1.165) is 9.87 Å². The SMILES string of the molecule is CC(O)(C1CN(S(=O)(=O)c2ccc(-c3ccc4c(n3)C(N)=NC4)c(Cl)c2)CCN1)C(F)(F)F. The van der Waals surface area contributed by atoms with Crippen LogP contribution < -0.4 is 11.1 Å². The molecular formula is C20H21ClF3N5O3S. The van der Waals surface area contributed by atoms with Crippen LogP contribution in [0.1, 0.15) is 18.2 Å². The molecule has 1 aromatic carbocycles. The number of amidine groups is 1. The zero-order chi connectivity index (χ0) is 24.2. The molecule has 2 atom stereocenters. The van der Waals surface area contributed by atoms with Crippen LogP contribution in [-0.4, -0.2) is 66.1 Å². The number of rotatable bonds is 4. The summed E-state index contributed by atoms with van der Waals surface area (Å²) in [6.45, 7) is 0.389. The van der Waals surface area contributed by atoms with Gasteiger partial charge in [-0.2, -0.15) is 17.5 Å². The third kappa shape index (κ3) is 4.21. The van der Waals surface area contributed by atoms with Gasteiger partial charge in [-0.3, -0.25) is 4.99 Å². The number of alkyl halides is 3. The second-order valence-corrected chi connectivity index (χ2v) is 10.4. The van der Waals surface area contributed by atoms with Gasteiger partial charge in [0, 0.05) is 30.8 Å². The van der Waals surface area contributed by atoms with E-state index in [1.165, 1.54) is 18.2 Å². The van der Waals surface area contributed by atoms with Crippen molar-refractivity contribution in [3.05, 3.63) is 46.6 Å². The lowest BCUT2D eigenvalue weighted by Crippen LogP contribution is -2.65. The van der Waals surface area contributed by atoms with Gasteiger partial charge in [-0.1, -0.05) is 17.7 Å². The molecule has 0 spiro atoms. The average Bonchev–Trinajstić information content (AvgIpc) is 3.13. The molecule has 1 fully saturated rings. The van der Waals surface area contributed by atoms with E-state index in [2.05, 4.69) is 15.3 Å². The number of halogens is 4. The number of benzene rings is 1. The first-order valence-corrected chi connectivity index (χ1v) is 11.8. The normalized spacial score (nSPS) is 21.4. The predicted molar refractivity (Wildman–Crippen MR) is 116 cm³/mol. The smallest absolute Gasteiger partial charge is 0.382 e. The van der Waals surface area contributed by atoms with Crippen LogP contribution in [0.3, 0.4) is 0 Å². The fraction of sp³-hybridized carbons (Fsp3) is 0.400. The maximum Gasteiger partial charge on any atom is 0.418 e. The highest BCUT2D eigenvalue weighted by molar-refractivity contribution is 7.89. The van der Waals surface area contributed by atoms with Crippen molar-refractivity contribution in [1.82, 2.24) is 14.6 Å². The van der Waals surface area contributed by atoms with Gasteiger partial charge in [-0.15, -0.1) is 0 Å². The van der Waals surface area contributed by atoms with Crippen LogP contribution in [0.5, 0.6) is 0 Å². The minimum Gasteiger partial charge on any atom is -0.382 e. The molecule has 2 aliphatic heterocycles. The number of aromatic nitrogens is 1. The quantitative estimate of drug-likeness (QED) is 0.586. The molecule has 2 aliphatic rings. The number of pyridine rings is 1. The molecular weight excluding hydrogens is 483 g/mol. The van der Waals surface area contributed by atoms with E-state index >= 15 is 0 Å². The monoisotopic (exact) mass is 503 g/mol. The Morgan fingerprint density at radius 1 is 1.27 bits per heavy atom. The summed E-state index contributed by atoms with van der Waals surface area (Å²) in [4.78, 5) is 8.41.